The van der Waals surface area contributed by atoms with E-state index in [1.54, 1.807) is 0 Å². The summed E-state index contributed by atoms with van der Waals surface area (Å²) in [7, 11) is 0. The number of fused-ring (bicyclic) bond motifs is 7. The molecule has 0 saturated carbocycles. The summed E-state index contributed by atoms with van der Waals surface area (Å²) >= 11 is 0. The molecule has 35 heteroatoms. The van der Waals surface area contributed by atoms with Gasteiger partial charge < -0.3 is 175 Å². The van der Waals surface area contributed by atoms with Crippen LogP contribution < -0.4 is 37.2 Å². The fraction of sp³-hybridized carbons (Fsp3) is 0.538. The van der Waals surface area contributed by atoms with Crippen LogP contribution in [0.4, 0.5) is 0 Å². The maximum atomic E-state index is 12.7. The number of benzene rings is 7. The van der Waals surface area contributed by atoms with E-state index in [0.717, 1.165) is 38.9 Å². The van der Waals surface area contributed by atoms with E-state index in [0.29, 0.717) is 0 Å². The topological polar surface area (TPSA) is 497 Å². The van der Waals surface area contributed by atoms with Crippen LogP contribution in [0.15, 0.2) is 212 Å². The van der Waals surface area contributed by atoms with Crippen molar-refractivity contribution in [3.63, 3.8) is 0 Å². The van der Waals surface area contributed by atoms with Gasteiger partial charge in [-0.15, -0.1) is 0 Å². The minimum absolute atomic E-state index is 0.180. The number of hydrogen-bond acceptors (Lipinski definition) is 35. The molecule has 35 nitrogen and oxygen atoms in total. The van der Waals surface area contributed by atoms with Crippen LogP contribution in [0.2, 0.25) is 0 Å². The first-order valence-electron chi connectivity index (χ1n) is 43.2. The Morgan fingerprint density at radius 1 is 0.151 bits per heavy atom. The van der Waals surface area contributed by atoms with E-state index in [4.69, 9.17) is 66.3 Å². The zero-order valence-corrected chi connectivity index (χ0v) is 69.3. The molecule has 7 aromatic rings. The molecule has 22 rings (SSSR count). The van der Waals surface area contributed by atoms with Gasteiger partial charge in [0.25, 0.3) is 0 Å². The summed E-state index contributed by atoms with van der Waals surface area (Å²) in [4.78, 5) is 0. The van der Waals surface area contributed by atoms with Crippen LogP contribution >= 0.6 is 0 Å². The first-order chi connectivity index (χ1) is 61.3. The fourth-order valence-corrected chi connectivity index (χ4v) is 17.2. The van der Waals surface area contributed by atoms with E-state index in [1.165, 1.54) is 0 Å². The summed E-state index contributed by atoms with van der Waals surface area (Å²) in [5.41, 5.74) is 5.82. The predicted octanol–water partition coefficient (Wildman–Crippen LogP) is -2.65. The van der Waals surface area contributed by atoms with Crippen molar-refractivity contribution in [2.24, 2.45) is 0 Å². The normalized spacial score (nSPS) is 38.2. The molecule has 15 fully saturated rings. The van der Waals surface area contributed by atoms with Gasteiger partial charge in [0.2, 0.25) is 0 Å². The van der Waals surface area contributed by atoms with Crippen LogP contribution in [0.1, 0.15) is 38.9 Å². The predicted molar refractivity (Wildman–Crippen MR) is 446 cm³/mol. The highest BCUT2D eigenvalue weighted by atomic mass is 16.8. The van der Waals surface area contributed by atoms with Crippen molar-refractivity contribution in [1.82, 2.24) is 37.2 Å². The smallest absolute Gasteiger partial charge is 0.187 e. The number of rotatable bonds is 28. The van der Waals surface area contributed by atoms with Crippen molar-refractivity contribution in [3.05, 3.63) is 251 Å². The molecule has 0 radical (unpaired) electrons. The third-order valence-corrected chi connectivity index (χ3v) is 24.1. The third-order valence-electron chi connectivity index (χ3n) is 24.1. The summed E-state index contributed by atoms with van der Waals surface area (Å²) in [5.74, 6) is 0. The van der Waals surface area contributed by atoms with Gasteiger partial charge in [0, 0.05) is 91.6 Å². The van der Waals surface area contributed by atoms with Gasteiger partial charge in [-0.1, -0.05) is 212 Å². The van der Waals surface area contributed by atoms with E-state index in [-0.39, 0.29) is 91.6 Å². The monoisotopic (exact) mass is 1760 g/mol. The Labute approximate surface area is 729 Å². The molecular weight excluding hydrogens is 1640 g/mol. The van der Waals surface area contributed by atoms with Crippen molar-refractivity contribution < 1.29 is 138 Å². The SMILES string of the molecule is O[C@@H]1[C@H]2O[C@H]3[C@H](O)[C@@H](O)[C@@H](O[C@H]4[C@H](O)[C@@H](O)[C@@H](O[C@H]5[C@H](O)[C@@H](O)[C@@H](O[C@H]6[C@H](O)[C@@H](O)[C@@H](O[C@H]7[C@H](O)[C@@H](O)[C@@H](O[C@H]8[C@H](O)[C@H](O)[C@@H](O[C@@H]([C@@H]1O)[C@@H](CNCc1ccccc1)O2)O[C@@H]8CNCc1ccccc1)O[C@@H]7CNCc1ccccc1)O[C@@H]6CNCc1ccccc1)O[C@@H]5CNCc1ccccc1)O[C@@H]4CNCc1ccccc1)O[C@@H]3CNCc1ccccc1. The van der Waals surface area contributed by atoms with Gasteiger partial charge in [-0.3, -0.25) is 0 Å². The molecule has 15 aliphatic rings. The van der Waals surface area contributed by atoms with Gasteiger partial charge in [-0.05, 0) is 38.9 Å². The van der Waals surface area contributed by atoms with E-state index in [9.17, 15) is 71.5 Å². The van der Waals surface area contributed by atoms with E-state index in [2.05, 4.69) is 37.2 Å². The second-order valence-electron chi connectivity index (χ2n) is 33.2. The van der Waals surface area contributed by atoms with Crippen LogP contribution in [0.25, 0.3) is 0 Å². The Morgan fingerprint density at radius 3 is 0.373 bits per heavy atom. The largest absolute Gasteiger partial charge is 0.387 e. The second kappa shape index (κ2) is 45.3. The van der Waals surface area contributed by atoms with Crippen LogP contribution in [-0.2, 0) is 112 Å². The lowest BCUT2D eigenvalue weighted by molar-refractivity contribution is -0.392. The molecule has 14 bridgehead atoms. The zero-order valence-electron chi connectivity index (χ0n) is 69.3. The molecule has 15 saturated heterocycles. The highest BCUT2D eigenvalue weighted by Crippen LogP contribution is 2.40. The van der Waals surface area contributed by atoms with Crippen molar-refractivity contribution in [2.45, 2.75) is 261 Å². The molecule has 686 valence electrons. The molecule has 126 heavy (non-hydrogen) atoms. The molecule has 0 aromatic heterocycles. The van der Waals surface area contributed by atoms with Crippen LogP contribution in [-0.4, -0.2) is 332 Å². The molecule has 0 unspecified atom stereocenters. The molecular formula is C91H119N7O28. The molecule has 0 spiro atoms. The summed E-state index contributed by atoms with van der Waals surface area (Å²) in [6.07, 6.45) is -63.0. The van der Waals surface area contributed by atoms with Gasteiger partial charge in [-0.25, -0.2) is 0 Å². The highest BCUT2D eigenvalue weighted by Gasteiger charge is 2.60. The second-order valence-corrected chi connectivity index (χ2v) is 33.2. The van der Waals surface area contributed by atoms with Crippen LogP contribution in [0, 0.1) is 0 Å². The molecule has 35 atom stereocenters. The molecule has 21 N–H and O–H groups in total. The molecule has 15 aliphatic heterocycles. The van der Waals surface area contributed by atoms with Crippen molar-refractivity contribution in [3.8, 4) is 0 Å². The number of aliphatic hydroxyl groups is 14. The number of aliphatic hydroxyl groups excluding tert-OH is 14. The Bertz CT molecular complexity index is 3560. The Morgan fingerprint density at radius 2 is 0.262 bits per heavy atom. The van der Waals surface area contributed by atoms with E-state index < -0.39 is 215 Å². The number of ether oxygens (including phenoxy) is 14. The summed E-state index contributed by atoms with van der Waals surface area (Å²) in [5, 5.41) is 199. The van der Waals surface area contributed by atoms with Crippen molar-refractivity contribution in [2.75, 3.05) is 45.8 Å². The highest BCUT2D eigenvalue weighted by molar-refractivity contribution is 5.21. The molecule has 7 aromatic carbocycles. The minimum Gasteiger partial charge on any atom is -0.387 e. The molecule has 15 heterocycles. The fourth-order valence-electron chi connectivity index (χ4n) is 17.2. The first kappa shape index (κ1) is 93.8. The lowest BCUT2D eigenvalue weighted by Crippen LogP contribution is -2.69. The maximum absolute atomic E-state index is 12.7. The lowest BCUT2D eigenvalue weighted by atomic mass is 9.94. The van der Waals surface area contributed by atoms with Gasteiger partial charge in [-0.2, -0.15) is 0 Å². The Hall–Kier alpha value is -6.86. The quantitative estimate of drug-likeness (QED) is 0.0238. The zero-order chi connectivity index (χ0) is 87.7. The standard InChI is InChI=1S/C91H119N7O28/c99-64-71(106)85-113-57(43-92-36-50-22-8-1-9-23-50)78(64)120-86-72(107)65(100)80(59(114-86)45-94-38-52-26-12-3-13-27-52)122-88-74(109)67(102)82(61(116-88)47-96-40-54-30-16-5-17-31-54)124-90-76(111)69(104)84(63(118-90)49-98-42-56-34-20-7-21-35-56)126-91-77(112)70(105)83(62(119-91)48-97-41-55-32-18-6-19-33-55)125-89-75(110)68(103)81(60(117-89)46-95-39-53-28-14-4-15-29-53)123-87-73(108)66(101)79(121-85)58(115-87)44-93-37-51-24-10-2-11-25-51/h1-35,57-112H,36-49H2/t57-,58-,59-,60-,61-,62-,63-,64-,65-,66-,67-,68-,69-,70-,71-,72-,73-,74-,75-,76+,77+,78-,79-,80-,81-,82-,83-,84-,85-,86-,87-,88-,89-,90-,91-/m1/s1. The first-order valence-corrected chi connectivity index (χ1v) is 43.2. The van der Waals surface area contributed by atoms with E-state index in [1.807, 2.05) is 212 Å². The Kier molecular flexibility index (Phi) is 33.7. The summed E-state index contributed by atoms with van der Waals surface area (Å²) in [6, 6.07) is 64.8. The van der Waals surface area contributed by atoms with Crippen molar-refractivity contribution >= 4 is 0 Å². The summed E-state index contributed by atoms with van der Waals surface area (Å²) in [6.45, 7) is 0.303. The number of hydrogen-bond donors (Lipinski definition) is 21. The van der Waals surface area contributed by atoms with E-state index >= 15 is 0 Å². The Balaban J connectivity index is 0.789. The van der Waals surface area contributed by atoms with Crippen LogP contribution in [0.3, 0.4) is 0 Å². The minimum atomic E-state index is -2.08. The van der Waals surface area contributed by atoms with Crippen molar-refractivity contribution in [1.29, 1.82) is 0 Å². The van der Waals surface area contributed by atoms with Gasteiger partial charge in [0.15, 0.2) is 44.0 Å². The lowest BCUT2D eigenvalue weighted by Gasteiger charge is -2.50. The summed E-state index contributed by atoms with van der Waals surface area (Å²) < 4.78 is 92.7. The van der Waals surface area contributed by atoms with Gasteiger partial charge >= 0.3 is 0 Å². The number of nitrogens with one attached hydrogen (secondary N) is 7. The molecule has 0 aliphatic carbocycles. The molecule has 0 amide bonds. The maximum Gasteiger partial charge on any atom is 0.187 e. The third kappa shape index (κ3) is 23.5. The van der Waals surface area contributed by atoms with Gasteiger partial charge in [0.1, 0.15) is 171 Å². The van der Waals surface area contributed by atoms with Gasteiger partial charge in [0.05, 0.1) is 0 Å². The van der Waals surface area contributed by atoms with Crippen LogP contribution in [0.5, 0.6) is 0 Å². The average Bonchev–Trinajstić information content (AvgIpc) is 0.778. The average molecular weight is 1760 g/mol.